The van der Waals surface area contributed by atoms with Crippen molar-refractivity contribution in [3.05, 3.63) is 0 Å². The second-order valence-electron chi connectivity index (χ2n) is 4.84. The van der Waals surface area contributed by atoms with Crippen LogP contribution in [0.15, 0.2) is 4.99 Å². The molecule has 0 aliphatic heterocycles. The zero-order chi connectivity index (χ0) is 14.0. The Bertz CT molecular complexity index is 265. The van der Waals surface area contributed by atoms with Crippen LogP contribution in [-0.2, 0) is 9.53 Å². The van der Waals surface area contributed by atoms with Gasteiger partial charge in [0.15, 0.2) is 5.96 Å². The Balaban J connectivity index is 3.86. The number of carbonyl (C=O) groups excluding carboxylic acids is 1. The number of esters is 1. The molecule has 0 aromatic rings. The maximum atomic E-state index is 11.0. The second-order valence-corrected chi connectivity index (χ2v) is 4.84. The number of hydrogen-bond acceptors (Lipinski definition) is 3. The number of nitrogens with zero attached hydrogens (tertiary/aromatic N) is 1. The molecule has 0 rings (SSSR count). The Hall–Kier alpha value is -1.26. The Morgan fingerprint density at radius 2 is 1.94 bits per heavy atom. The van der Waals surface area contributed by atoms with Crippen molar-refractivity contribution in [3.8, 4) is 0 Å². The first-order valence-electron chi connectivity index (χ1n) is 6.53. The SMILES string of the molecule is CN=C(NCCC(=O)OC)NC(C)CCC(C)C. The summed E-state index contributed by atoms with van der Waals surface area (Å²) in [5, 5.41) is 6.39. The molecule has 0 amide bonds. The molecule has 0 aromatic heterocycles. The standard InChI is InChI=1S/C13H27N3O2/c1-10(2)6-7-11(3)16-13(14-4)15-9-8-12(17)18-5/h10-11H,6-9H2,1-5H3,(H2,14,15,16). The number of methoxy groups -OCH3 is 1. The molecule has 5 heteroatoms. The van der Waals surface area contributed by atoms with Crippen LogP contribution in [0.4, 0.5) is 0 Å². The van der Waals surface area contributed by atoms with Gasteiger partial charge in [0, 0.05) is 19.6 Å². The average molecular weight is 257 g/mol. The lowest BCUT2D eigenvalue weighted by Crippen LogP contribution is -2.43. The molecule has 5 nitrogen and oxygen atoms in total. The maximum Gasteiger partial charge on any atom is 0.307 e. The van der Waals surface area contributed by atoms with Gasteiger partial charge in [-0.3, -0.25) is 9.79 Å². The molecule has 0 saturated carbocycles. The number of aliphatic imine (C=N–C) groups is 1. The number of hydrogen-bond donors (Lipinski definition) is 2. The van der Waals surface area contributed by atoms with E-state index in [0.717, 1.165) is 12.4 Å². The Morgan fingerprint density at radius 1 is 1.28 bits per heavy atom. The first kappa shape index (κ1) is 16.7. The van der Waals surface area contributed by atoms with E-state index in [-0.39, 0.29) is 5.97 Å². The summed E-state index contributed by atoms with van der Waals surface area (Å²) < 4.78 is 4.57. The van der Waals surface area contributed by atoms with Gasteiger partial charge in [0.05, 0.1) is 13.5 Å². The van der Waals surface area contributed by atoms with E-state index in [2.05, 4.69) is 41.1 Å². The predicted molar refractivity (Wildman–Crippen MR) is 74.7 cm³/mol. The number of ether oxygens (including phenoxy) is 1. The molecule has 0 heterocycles. The topological polar surface area (TPSA) is 62.7 Å². The zero-order valence-corrected chi connectivity index (χ0v) is 12.2. The second kappa shape index (κ2) is 9.74. The van der Waals surface area contributed by atoms with Gasteiger partial charge in [0.2, 0.25) is 0 Å². The first-order valence-corrected chi connectivity index (χ1v) is 6.53. The zero-order valence-electron chi connectivity index (χ0n) is 12.2. The number of carbonyl (C=O) groups is 1. The molecule has 0 fully saturated rings. The minimum atomic E-state index is -0.217. The van der Waals surface area contributed by atoms with E-state index in [1.807, 2.05) is 0 Å². The van der Waals surface area contributed by atoms with Crippen LogP contribution in [0.1, 0.15) is 40.0 Å². The highest BCUT2D eigenvalue weighted by Gasteiger charge is 2.07. The monoisotopic (exact) mass is 257 g/mol. The van der Waals surface area contributed by atoms with Gasteiger partial charge >= 0.3 is 5.97 Å². The van der Waals surface area contributed by atoms with E-state index in [9.17, 15) is 4.79 Å². The van der Waals surface area contributed by atoms with Crippen molar-refractivity contribution in [2.45, 2.75) is 46.1 Å². The van der Waals surface area contributed by atoms with E-state index in [0.29, 0.717) is 24.9 Å². The Morgan fingerprint density at radius 3 is 2.44 bits per heavy atom. The van der Waals surface area contributed by atoms with Gasteiger partial charge < -0.3 is 15.4 Å². The molecule has 0 saturated heterocycles. The fourth-order valence-corrected chi connectivity index (χ4v) is 1.47. The number of rotatable bonds is 7. The molecular formula is C13H27N3O2. The molecule has 0 bridgehead atoms. The fraction of sp³-hybridized carbons (Fsp3) is 0.846. The van der Waals surface area contributed by atoms with Crippen LogP contribution in [0.3, 0.4) is 0 Å². The molecule has 0 radical (unpaired) electrons. The average Bonchev–Trinajstić information content (AvgIpc) is 2.34. The lowest BCUT2D eigenvalue weighted by molar-refractivity contribution is -0.140. The third-order valence-corrected chi connectivity index (χ3v) is 2.63. The summed E-state index contributed by atoms with van der Waals surface area (Å²) in [6, 6.07) is 0.372. The Labute approximate surface area is 110 Å². The van der Waals surface area contributed by atoms with Crippen LogP contribution in [0.25, 0.3) is 0 Å². The summed E-state index contributed by atoms with van der Waals surface area (Å²) in [4.78, 5) is 15.1. The van der Waals surface area contributed by atoms with Crippen molar-refractivity contribution >= 4 is 11.9 Å². The first-order chi connectivity index (χ1) is 8.49. The summed E-state index contributed by atoms with van der Waals surface area (Å²) in [5.41, 5.74) is 0. The minimum absolute atomic E-state index is 0.217. The molecule has 106 valence electrons. The third-order valence-electron chi connectivity index (χ3n) is 2.63. The van der Waals surface area contributed by atoms with Crippen LogP contribution in [-0.4, -0.2) is 38.7 Å². The predicted octanol–water partition coefficient (Wildman–Crippen LogP) is 1.54. The highest BCUT2D eigenvalue weighted by atomic mass is 16.5. The van der Waals surface area contributed by atoms with Crippen LogP contribution in [0, 0.1) is 5.92 Å². The minimum Gasteiger partial charge on any atom is -0.469 e. The van der Waals surface area contributed by atoms with E-state index in [1.165, 1.54) is 13.5 Å². The fourth-order valence-electron chi connectivity index (χ4n) is 1.47. The normalized spacial score (nSPS) is 13.3. The van der Waals surface area contributed by atoms with Crippen molar-refractivity contribution in [2.75, 3.05) is 20.7 Å². The summed E-state index contributed by atoms with van der Waals surface area (Å²) in [6.07, 6.45) is 2.64. The molecule has 0 aromatic carbocycles. The maximum absolute atomic E-state index is 11.0. The molecule has 1 atom stereocenters. The van der Waals surface area contributed by atoms with Crippen LogP contribution >= 0.6 is 0 Å². The van der Waals surface area contributed by atoms with Crippen molar-refractivity contribution in [1.29, 1.82) is 0 Å². The number of guanidine groups is 1. The van der Waals surface area contributed by atoms with Gasteiger partial charge in [-0.2, -0.15) is 0 Å². The molecule has 1 unspecified atom stereocenters. The molecule has 0 aliphatic rings. The van der Waals surface area contributed by atoms with Gasteiger partial charge in [-0.1, -0.05) is 13.8 Å². The van der Waals surface area contributed by atoms with Crippen molar-refractivity contribution in [1.82, 2.24) is 10.6 Å². The Kier molecular flexibility index (Phi) is 9.06. The van der Waals surface area contributed by atoms with E-state index in [1.54, 1.807) is 7.05 Å². The van der Waals surface area contributed by atoms with Crippen LogP contribution < -0.4 is 10.6 Å². The van der Waals surface area contributed by atoms with Gasteiger partial charge in [-0.05, 0) is 25.7 Å². The van der Waals surface area contributed by atoms with Crippen molar-refractivity contribution in [2.24, 2.45) is 10.9 Å². The smallest absolute Gasteiger partial charge is 0.307 e. The lowest BCUT2D eigenvalue weighted by atomic mass is 10.0. The summed E-state index contributed by atoms with van der Waals surface area (Å²) >= 11 is 0. The summed E-state index contributed by atoms with van der Waals surface area (Å²) in [6.45, 7) is 7.10. The molecular weight excluding hydrogens is 230 g/mol. The molecule has 18 heavy (non-hydrogen) atoms. The van der Waals surface area contributed by atoms with E-state index < -0.39 is 0 Å². The van der Waals surface area contributed by atoms with Crippen LogP contribution in [0.5, 0.6) is 0 Å². The molecule has 2 N–H and O–H groups in total. The summed E-state index contributed by atoms with van der Waals surface area (Å²) in [7, 11) is 3.12. The van der Waals surface area contributed by atoms with E-state index in [4.69, 9.17) is 0 Å². The highest BCUT2D eigenvalue weighted by molar-refractivity contribution is 5.80. The van der Waals surface area contributed by atoms with Gasteiger partial charge in [0.25, 0.3) is 0 Å². The van der Waals surface area contributed by atoms with Crippen molar-refractivity contribution < 1.29 is 9.53 Å². The summed E-state index contributed by atoms with van der Waals surface area (Å²) in [5.74, 6) is 1.23. The van der Waals surface area contributed by atoms with Gasteiger partial charge in [-0.15, -0.1) is 0 Å². The van der Waals surface area contributed by atoms with Gasteiger partial charge in [0.1, 0.15) is 0 Å². The molecule has 0 spiro atoms. The quantitative estimate of drug-likeness (QED) is 0.412. The van der Waals surface area contributed by atoms with E-state index >= 15 is 0 Å². The highest BCUT2D eigenvalue weighted by Crippen LogP contribution is 2.06. The largest absolute Gasteiger partial charge is 0.469 e. The third kappa shape index (κ3) is 8.84. The van der Waals surface area contributed by atoms with Crippen LogP contribution in [0.2, 0.25) is 0 Å². The van der Waals surface area contributed by atoms with Gasteiger partial charge in [-0.25, -0.2) is 0 Å². The lowest BCUT2D eigenvalue weighted by Gasteiger charge is -2.18. The number of nitrogens with one attached hydrogen (secondary N) is 2. The van der Waals surface area contributed by atoms with Crippen molar-refractivity contribution in [3.63, 3.8) is 0 Å². The molecule has 0 aliphatic carbocycles.